The first-order valence-electron chi connectivity index (χ1n) is 5.38. The molecule has 0 aromatic carbocycles. The molecule has 2 aliphatic rings. The van der Waals surface area contributed by atoms with Gasteiger partial charge in [-0.3, -0.25) is 4.79 Å². The molecule has 0 bridgehead atoms. The minimum absolute atomic E-state index is 0.151. The summed E-state index contributed by atoms with van der Waals surface area (Å²) in [6.45, 7) is 2.59. The molecule has 2 rings (SSSR count). The largest absolute Gasteiger partial charge is 0.481 e. The Kier molecular flexibility index (Phi) is 2.74. The van der Waals surface area contributed by atoms with Crippen LogP contribution in [0.25, 0.3) is 0 Å². The van der Waals surface area contributed by atoms with E-state index < -0.39 is 5.97 Å². The van der Waals surface area contributed by atoms with Gasteiger partial charge in [-0.05, 0) is 25.3 Å². The van der Waals surface area contributed by atoms with E-state index in [-0.39, 0.29) is 12.0 Å². The van der Waals surface area contributed by atoms with E-state index in [9.17, 15) is 4.79 Å². The first kappa shape index (κ1) is 9.93. The molecular formula is C10H18N2O2. The lowest BCUT2D eigenvalue weighted by Crippen LogP contribution is -2.69. The van der Waals surface area contributed by atoms with E-state index in [0.29, 0.717) is 0 Å². The van der Waals surface area contributed by atoms with Crippen LogP contribution in [0.15, 0.2) is 0 Å². The Hall–Kier alpha value is -0.610. The highest BCUT2D eigenvalue weighted by Gasteiger charge is 2.39. The second-order valence-corrected chi connectivity index (χ2v) is 4.63. The van der Waals surface area contributed by atoms with Gasteiger partial charge < -0.3 is 15.7 Å². The summed E-state index contributed by atoms with van der Waals surface area (Å²) in [5.41, 5.74) is -0.151. The molecule has 0 atom stereocenters. The Morgan fingerprint density at radius 1 is 1.50 bits per heavy atom. The molecule has 0 amide bonds. The third-order valence-electron chi connectivity index (χ3n) is 3.41. The van der Waals surface area contributed by atoms with Crippen molar-refractivity contribution in [2.75, 3.05) is 19.6 Å². The van der Waals surface area contributed by atoms with Crippen LogP contribution < -0.4 is 10.6 Å². The van der Waals surface area contributed by atoms with E-state index >= 15 is 0 Å². The fraction of sp³-hybridized carbons (Fsp3) is 0.900. The minimum Gasteiger partial charge on any atom is -0.481 e. The first-order valence-corrected chi connectivity index (χ1v) is 5.38. The van der Waals surface area contributed by atoms with Crippen LogP contribution in [0.4, 0.5) is 0 Å². The summed E-state index contributed by atoms with van der Waals surface area (Å²) >= 11 is 0. The summed E-state index contributed by atoms with van der Waals surface area (Å²) in [7, 11) is 0. The fourth-order valence-electron chi connectivity index (χ4n) is 2.09. The minimum atomic E-state index is -0.701. The molecule has 2 fully saturated rings. The predicted octanol–water partition coefficient (Wildman–Crippen LogP) is 0.193. The third kappa shape index (κ3) is 2.07. The Morgan fingerprint density at radius 2 is 2.21 bits per heavy atom. The molecule has 0 aromatic heterocycles. The van der Waals surface area contributed by atoms with Gasteiger partial charge in [0, 0.05) is 13.1 Å². The molecule has 1 aliphatic carbocycles. The number of rotatable bonds is 5. The Balaban J connectivity index is 1.76. The number of hydrogen-bond acceptors (Lipinski definition) is 3. The second kappa shape index (κ2) is 3.87. The molecule has 0 unspecified atom stereocenters. The van der Waals surface area contributed by atoms with Gasteiger partial charge in [-0.25, -0.2) is 0 Å². The van der Waals surface area contributed by atoms with Gasteiger partial charge in [-0.2, -0.15) is 0 Å². The second-order valence-electron chi connectivity index (χ2n) is 4.63. The van der Waals surface area contributed by atoms with Crippen LogP contribution in [-0.4, -0.2) is 36.2 Å². The van der Waals surface area contributed by atoms with Crippen LogP contribution in [0.2, 0.25) is 0 Å². The lowest BCUT2D eigenvalue weighted by Gasteiger charge is -2.44. The molecule has 0 spiro atoms. The lowest BCUT2D eigenvalue weighted by atomic mass is 9.83. The van der Waals surface area contributed by atoms with Crippen LogP contribution in [0.3, 0.4) is 0 Å². The molecule has 1 aliphatic heterocycles. The average molecular weight is 198 g/mol. The smallest absolute Gasteiger partial charge is 0.305 e. The van der Waals surface area contributed by atoms with Crippen molar-refractivity contribution in [2.24, 2.45) is 5.92 Å². The quantitative estimate of drug-likeness (QED) is 0.590. The first-order chi connectivity index (χ1) is 6.70. The molecule has 1 saturated heterocycles. The van der Waals surface area contributed by atoms with Gasteiger partial charge in [0.1, 0.15) is 0 Å². The maximum atomic E-state index is 10.7. The summed E-state index contributed by atoms with van der Waals surface area (Å²) in [4.78, 5) is 10.7. The summed E-state index contributed by atoms with van der Waals surface area (Å²) < 4.78 is 0. The standard InChI is InChI=1S/C10H18N2O2/c13-9(14)4-10(6-11-7-10)12-5-8-2-1-3-8/h8,11-12H,1-7H2,(H,13,14). The molecule has 14 heavy (non-hydrogen) atoms. The topological polar surface area (TPSA) is 61.4 Å². The zero-order valence-corrected chi connectivity index (χ0v) is 8.38. The highest BCUT2D eigenvalue weighted by Crippen LogP contribution is 2.26. The van der Waals surface area contributed by atoms with Gasteiger partial charge in [0.15, 0.2) is 0 Å². The fourth-order valence-corrected chi connectivity index (χ4v) is 2.09. The van der Waals surface area contributed by atoms with Crippen LogP contribution >= 0.6 is 0 Å². The Bertz CT molecular complexity index is 222. The maximum Gasteiger partial charge on any atom is 0.305 e. The van der Waals surface area contributed by atoms with Gasteiger partial charge in [0.2, 0.25) is 0 Å². The molecule has 80 valence electrons. The van der Waals surface area contributed by atoms with Crippen LogP contribution in [-0.2, 0) is 4.79 Å². The highest BCUT2D eigenvalue weighted by molar-refractivity contribution is 5.68. The molecule has 1 heterocycles. The van der Waals surface area contributed by atoms with E-state index in [1.165, 1.54) is 19.3 Å². The molecule has 3 N–H and O–H groups in total. The van der Waals surface area contributed by atoms with Crippen molar-refractivity contribution in [1.29, 1.82) is 0 Å². The SMILES string of the molecule is O=C(O)CC1(NCC2CCC2)CNC1. The zero-order valence-electron chi connectivity index (χ0n) is 8.38. The number of nitrogens with one attached hydrogen (secondary N) is 2. The molecule has 0 aromatic rings. The number of aliphatic carboxylic acids is 1. The summed E-state index contributed by atoms with van der Waals surface area (Å²) in [5, 5.41) is 15.3. The molecule has 4 nitrogen and oxygen atoms in total. The molecule has 0 radical (unpaired) electrons. The number of carboxylic acids is 1. The van der Waals surface area contributed by atoms with Crippen molar-refractivity contribution in [3.8, 4) is 0 Å². The highest BCUT2D eigenvalue weighted by atomic mass is 16.4. The Morgan fingerprint density at radius 3 is 2.57 bits per heavy atom. The van der Waals surface area contributed by atoms with Gasteiger partial charge in [0.05, 0.1) is 12.0 Å². The van der Waals surface area contributed by atoms with Crippen molar-refractivity contribution >= 4 is 5.97 Å². The van der Waals surface area contributed by atoms with Crippen molar-refractivity contribution in [3.05, 3.63) is 0 Å². The monoisotopic (exact) mass is 198 g/mol. The van der Waals surface area contributed by atoms with Gasteiger partial charge >= 0.3 is 5.97 Å². The normalized spacial score (nSPS) is 25.1. The summed E-state index contributed by atoms with van der Waals surface area (Å²) in [6.07, 6.45) is 4.20. The lowest BCUT2D eigenvalue weighted by molar-refractivity contribution is -0.139. The van der Waals surface area contributed by atoms with Crippen molar-refractivity contribution < 1.29 is 9.90 Å². The van der Waals surface area contributed by atoms with E-state index in [1.54, 1.807) is 0 Å². The van der Waals surface area contributed by atoms with Gasteiger partial charge in [0.25, 0.3) is 0 Å². The summed E-state index contributed by atoms with van der Waals surface area (Å²) in [5.74, 6) is 0.0916. The third-order valence-corrected chi connectivity index (χ3v) is 3.41. The van der Waals surface area contributed by atoms with Crippen LogP contribution in [0, 0.1) is 5.92 Å². The van der Waals surface area contributed by atoms with Crippen LogP contribution in [0.1, 0.15) is 25.7 Å². The van der Waals surface area contributed by atoms with Crippen LogP contribution in [0.5, 0.6) is 0 Å². The number of carbonyl (C=O) groups is 1. The molecular weight excluding hydrogens is 180 g/mol. The van der Waals surface area contributed by atoms with Crippen molar-refractivity contribution in [1.82, 2.24) is 10.6 Å². The van der Waals surface area contributed by atoms with Gasteiger partial charge in [-0.15, -0.1) is 0 Å². The van der Waals surface area contributed by atoms with E-state index in [2.05, 4.69) is 10.6 Å². The van der Waals surface area contributed by atoms with Crippen molar-refractivity contribution in [2.45, 2.75) is 31.2 Å². The van der Waals surface area contributed by atoms with E-state index in [4.69, 9.17) is 5.11 Å². The van der Waals surface area contributed by atoms with Crippen molar-refractivity contribution in [3.63, 3.8) is 0 Å². The molecule has 4 heteroatoms. The average Bonchev–Trinajstić information content (AvgIpc) is 1.95. The molecule has 1 saturated carbocycles. The zero-order chi connectivity index (χ0) is 10.0. The number of hydrogen-bond donors (Lipinski definition) is 3. The summed E-state index contributed by atoms with van der Waals surface area (Å²) in [6, 6.07) is 0. The van der Waals surface area contributed by atoms with E-state index in [0.717, 1.165) is 25.6 Å². The van der Waals surface area contributed by atoms with Gasteiger partial charge in [-0.1, -0.05) is 6.42 Å². The maximum absolute atomic E-state index is 10.7. The number of carboxylic acid groups (broad SMARTS) is 1. The Labute approximate surface area is 84.1 Å². The van der Waals surface area contributed by atoms with E-state index in [1.807, 2.05) is 0 Å². The predicted molar refractivity (Wildman–Crippen MR) is 53.2 cm³/mol.